The molecule has 1 aliphatic carbocycles. The highest BCUT2D eigenvalue weighted by Crippen LogP contribution is 2.34. The second-order valence-electron chi connectivity index (χ2n) is 2.29. The van der Waals surface area contributed by atoms with Crippen LogP contribution in [0.1, 0.15) is 12.8 Å². The zero-order valence-electron chi connectivity index (χ0n) is 5.52. The van der Waals surface area contributed by atoms with E-state index in [-0.39, 0.29) is 0 Å². The van der Waals surface area contributed by atoms with Crippen LogP contribution >= 0.6 is 15.9 Å². The van der Waals surface area contributed by atoms with Crippen molar-refractivity contribution >= 4 is 21.6 Å². The predicted octanol–water partition coefficient (Wildman–Crippen LogP) is 2.38. The van der Waals surface area contributed by atoms with Gasteiger partial charge in [0.05, 0.1) is 5.71 Å². The van der Waals surface area contributed by atoms with Gasteiger partial charge in [-0.15, -0.1) is 0 Å². The number of hydrogen-bond acceptors (Lipinski definition) is 1. The molecule has 0 spiro atoms. The first-order valence-corrected chi connectivity index (χ1v) is 3.86. The van der Waals surface area contributed by atoms with Crippen LogP contribution in [0.4, 0.5) is 0 Å². The third-order valence-electron chi connectivity index (χ3n) is 1.48. The van der Waals surface area contributed by atoms with Gasteiger partial charge >= 0.3 is 0 Å². The van der Waals surface area contributed by atoms with Gasteiger partial charge in [0.1, 0.15) is 0 Å². The van der Waals surface area contributed by atoms with Gasteiger partial charge in [-0.1, -0.05) is 6.58 Å². The van der Waals surface area contributed by atoms with Crippen LogP contribution in [0.25, 0.3) is 0 Å². The molecule has 9 heavy (non-hydrogen) atoms. The van der Waals surface area contributed by atoms with Crippen molar-refractivity contribution in [2.24, 2.45) is 10.9 Å². The van der Waals surface area contributed by atoms with Gasteiger partial charge in [0.15, 0.2) is 0 Å². The average molecular weight is 188 g/mol. The van der Waals surface area contributed by atoms with Crippen molar-refractivity contribution in [1.82, 2.24) is 0 Å². The molecule has 1 fully saturated rings. The quantitative estimate of drug-likeness (QED) is 0.590. The monoisotopic (exact) mass is 187 g/mol. The number of rotatable bonds is 2. The van der Waals surface area contributed by atoms with Crippen molar-refractivity contribution in [2.45, 2.75) is 12.8 Å². The molecule has 1 aliphatic rings. The van der Waals surface area contributed by atoms with Crippen LogP contribution in [0.3, 0.4) is 0 Å². The van der Waals surface area contributed by atoms with Crippen LogP contribution in [0.5, 0.6) is 0 Å². The van der Waals surface area contributed by atoms with E-state index in [4.69, 9.17) is 0 Å². The van der Waals surface area contributed by atoms with Crippen molar-refractivity contribution in [3.05, 3.63) is 11.1 Å². The van der Waals surface area contributed by atoms with Crippen LogP contribution in [-0.4, -0.2) is 12.8 Å². The lowest BCUT2D eigenvalue weighted by Gasteiger charge is -1.97. The Bertz CT molecular complexity index is 156. The number of nitrogens with zero attached hydrogens (tertiary/aromatic N) is 1. The van der Waals surface area contributed by atoms with Gasteiger partial charge < -0.3 is 0 Å². The maximum Gasteiger partial charge on any atom is 0.0511 e. The number of aliphatic imine (C=N–C) groups is 1. The van der Waals surface area contributed by atoms with Crippen molar-refractivity contribution in [1.29, 1.82) is 0 Å². The lowest BCUT2D eigenvalue weighted by molar-refractivity contribution is 1.18. The number of hydrogen-bond donors (Lipinski definition) is 0. The smallest absolute Gasteiger partial charge is 0.0511 e. The molecule has 0 unspecified atom stereocenters. The molecule has 0 atom stereocenters. The first-order valence-electron chi connectivity index (χ1n) is 3.07. The van der Waals surface area contributed by atoms with Crippen LogP contribution in [0, 0.1) is 5.92 Å². The van der Waals surface area contributed by atoms with E-state index in [0.717, 1.165) is 10.2 Å². The third-order valence-corrected chi connectivity index (χ3v) is 1.89. The number of allylic oxidation sites excluding steroid dienone is 1. The van der Waals surface area contributed by atoms with E-state index in [1.54, 1.807) is 0 Å². The molecule has 0 N–H and O–H groups in total. The lowest BCUT2D eigenvalue weighted by Crippen LogP contribution is -1.98. The molecule has 0 amide bonds. The summed E-state index contributed by atoms with van der Waals surface area (Å²) in [6.45, 7) is 3.77. The van der Waals surface area contributed by atoms with Crippen molar-refractivity contribution in [2.75, 3.05) is 7.05 Å². The van der Waals surface area contributed by atoms with Gasteiger partial charge in [0, 0.05) is 17.4 Å². The molecule has 0 aliphatic heterocycles. The summed E-state index contributed by atoms with van der Waals surface area (Å²) in [6, 6.07) is 0. The maximum absolute atomic E-state index is 4.12. The molecule has 0 saturated heterocycles. The van der Waals surface area contributed by atoms with E-state index < -0.39 is 0 Å². The topological polar surface area (TPSA) is 12.4 Å². The van der Waals surface area contributed by atoms with E-state index in [1.165, 1.54) is 12.8 Å². The van der Waals surface area contributed by atoms with Crippen molar-refractivity contribution in [3.8, 4) is 0 Å². The fourth-order valence-corrected chi connectivity index (χ4v) is 1.38. The first-order chi connectivity index (χ1) is 4.25. The number of halogens is 1. The van der Waals surface area contributed by atoms with E-state index in [0.29, 0.717) is 5.92 Å². The Kier molecular flexibility index (Phi) is 2.06. The molecule has 1 nitrogen and oxygen atoms in total. The standard InChI is InChI=1S/C7H10BrN/c1-5(8)7(9-2)6-3-4-6/h6H,1,3-4H2,2H3/b9-7+. The van der Waals surface area contributed by atoms with Gasteiger partial charge in [0.2, 0.25) is 0 Å². The summed E-state index contributed by atoms with van der Waals surface area (Å²) in [5.74, 6) is 0.710. The summed E-state index contributed by atoms with van der Waals surface area (Å²) in [4.78, 5) is 4.12. The largest absolute Gasteiger partial charge is 0.292 e. The van der Waals surface area contributed by atoms with E-state index in [1.807, 2.05) is 7.05 Å². The highest BCUT2D eigenvalue weighted by Gasteiger charge is 2.27. The minimum atomic E-state index is 0.710. The summed E-state index contributed by atoms with van der Waals surface area (Å²) in [5.41, 5.74) is 1.15. The maximum atomic E-state index is 4.12. The zero-order valence-corrected chi connectivity index (χ0v) is 7.11. The Balaban J connectivity index is 2.59. The lowest BCUT2D eigenvalue weighted by atomic mass is 10.2. The van der Waals surface area contributed by atoms with Crippen LogP contribution < -0.4 is 0 Å². The zero-order chi connectivity index (χ0) is 6.85. The van der Waals surface area contributed by atoms with Crippen LogP contribution in [0.15, 0.2) is 16.1 Å². The average Bonchev–Trinajstić information content (AvgIpc) is 2.50. The summed E-state index contributed by atoms with van der Waals surface area (Å²) >= 11 is 3.32. The van der Waals surface area contributed by atoms with Gasteiger partial charge in [0.25, 0.3) is 0 Å². The fourth-order valence-electron chi connectivity index (χ4n) is 0.882. The Labute approximate surface area is 64.0 Å². The normalized spacial score (nSPS) is 20.0. The minimum Gasteiger partial charge on any atom is -0.292 e. The predicted molar refractivity (Wildman–Crippen MR) is 44.2 cm³/mol. The second-order valence-corrected chi connectivity index (χ2v) is 3.25. The third kappa shape index (κ3) is 1.65. The molecule has 0 heterocycles. The van der Waals surface area contributed by atoms with E-state index >= 15 is 0 Å². The molecule has 0 aromatic rings. The molecule has 0 radical (unpaired) electrons. The highest BCUT2D eigenvalue weighted by atomic mass is 79.9. The molecule has 2 heteroatoms. The molecule has 0 aromatic heterocycles. The Morgan fingerprint density at radius 3 is 2.33 bits per heavy atom. The van der Waals surface area contributed by atoms with Gasteiger partial charge in [-0.05, 0) is 28.8 Å². The van der Waals surface area contributed by atoms with Crippen LogP contribution in [-0.2, 0) is 0 Å². The summed E-state index contributed by atoms with van der Waals surface area (Å²) < 4.78 is 0.951. The van der Waals surface area contributed by atoms with Crippen molar-refractivity contribution in [3.63, 3.8) is 0 Å². The molecule has 1 saturated carbocycles. The molecule has 0 aromatic carbocycles. The fraction of sp³-hybridized carbons (Fsp3) is 0.571. The van der Waals surface area contributed by atoms with Gasteiger partial charge in [-0.3, -0.25) is 4.99 Å². The van der Waals surface area contributed by atoms with Gasteiger partial charge in [-0.25, -0.2) is 0 Å². The molecule has 0 bridgehead atoms. The van der Waals surface area contributed by atoms with E-state index in [2.05, 4.69) is 27.5 Å². The Morgan fingerprint density at radius 2 is 2.22 bits per heavy atom. The highest BCUT2D eigenvalue weighted by molar-refractivity contribution is 9.12. The van der Waals surface area contributed by atoms with Crippen LogP contribution in [0.2, 0.25) is 0 Å². The summed E-state index contributed by atoms with van der Waals surface area (Å²) in [7, 11) is 1.82. The molecular formula is C7H10BrN. The van der Waals surface area contributed by atoms with Crippen molar-refractivity contribution < 1.29 is 0 Å². The summed E-state index contributed by atoms with van der Waals surface area (Å²) in [5, 5.41) is 0. The first kappa shape index (κ1) is 7.00. The minimum absolute atomic E-state index is 0.710. The molecular weight excluding hydrogens is 178 g/mol. The van der Waals surface area contributed by atoms with Gasteiger partial charge in [-0.2, -0.15) is 0 Å². The molecule has 1 rings (SSSR count). The Morgan fingerprint density at radius 1 is 1.67 bits per heavy atom. The summed E-state index contributed by atoms with van der Waals surface area (Å²) in [6.07, 6.45) is 2.58. The second kappa shape index (κ2) is 2.65. The van der Waals surface area contributed by atoms with E-state index in [9.17, 15) is 0 Å². The molecule has 50 valence electrons. The Hall–Kier alpha value is -0.110. The SMILES string of the molecule is C=C(Br)/C(=N\C)C1CC1.